The molecular formula is C52H48N2. The van der Waals surface area contributed by atoms with Crippen LogP contribution in [0.1, 0.15) is 55.6 Å². The second-order valence-electron chi connectivity index (χ2n) is 14.3. The summed E-state index contributed by atoms with van der Waals surface area (Å²) < 4.78 is 0. The lowest BCUT2D eigenvalue weighted by atomic mass is 10.0. The van der Waals surface area contributed by atoms with Crippen molar-refractivity contribution >= 4 is 58.4 Å². The first-order valence-electron chi connectivity index (χ1n) is 18.8. The number of rotatable bonds is 10. The summed E-state index contributed by atoms with van der Waals surface area (Å²) in [6.07, 6.45) is 8.83. The van der Waals surface area contributed by atoms with Crippen LogP contribution in [0.15, 0.2) is 158 Å². The quantitative estimate of drug-likeness (QED) is 0.131. The van der Waals surface area contributed by atoms with Gasteiger partial charge >= 0.3 is 0 Å². The van der Waals surface area contributed by atoms with Gasteiger partial charge in [-0.15, -0.1) is 0 Å². The van der Waals surface area contributed by atoms with Crippen LogP contribution >= 0.6 is 0 Å². The van der Waals surface area contributed by atoms with Crippen LogP contribution in [0.25, 0.3) is 24.3 Å². The van der Waals surface area contributed by atoms with Crippen molar-refractivity contribution in [2.75, 3.05) is 9.80 Å². The molecule has 0 aliphatic heterocycles. The number of benzene rings is 7. The van der Waals surface area contributed by atoms with E-state index in [2.05, 4.69) is 233 Å². The molecule has 0 saturated carbocycles. The number of nitrogens with zero attached hydrogens (tertiary/aromatic N) is 2. The molecule has 0 atom stereocenters. The molecule has 0 aliphatic rings. The van der Waals surface area contributed by atoms with Gasteiger partial charge in [-0.25, -0.2) is 0 Å². The molecule has 2 nitrogen and oxygen atoms in total. The van der Waals surface area contributed by atoms with Crippen LogP contribution in [0.2, 0.25) is 0 Å². The van der Waals surface area contributed by atoms with E-state index in [1.807, 2.05) is 0 Å². The van der Waals surface area contributed by atoms with Crippen molar-refractivity contribution < 1.29 is 0 Å². The lowest BCUT2D eigenvalue weighted by Gasteiger charge is -2.28. The monoisotopic (exact) mass is 700 g/mol. The van der Waals surface area contributed by atoms with Crippen molar-refractivity contribution in [1.29, 1.82) is 0 Å². The zero-order valence-corrected chi connectivity index (χ0v) is 32.2. The molecule has 0 amide bonds. The second-order valence-corrected chi connectivity index (χ2v) is 14.3. The van der Waals surface area contributed by atoms with E-state index in [1.54, 1.807) is 0 Å². The Morgan fingerprint density at radius 3 is 0.981 bits per heavy atom. The number of aryl methyl sites for hydroxylation is 6. The van der Waals surface area contributed by atoms with Crippen LogP contribution in [-0.2, 0) is 0 Å². The summed E-state index contributed by atoms with van der Waals surface area (Å²) in [4.78, 5) is 4.71. The smallest absolute Gasteiger partial charge is 0.0493 e. The van der Waals surface area contributed by atoms with Crippen LogP contribution < -0.4 is 9.80 Å². The van der Waals surface area contributed by atoms with Crippen LogP contribution in [0.3, 0.4) is 0 Å². The fraction of sp³-hybridized carbons (Fsp3) is 0.115. The van der Waals surface area contributed by atoms with E-state index in [9.17, 15) is 0 Å². The molecule has 7 aromatic rings. The molecule has 0 saturated heterocycles. The average Bonchev–Trinajstić information content (AvgIpc) is 3.19. The average molecular weight is 701 g/mol. The highest BCUT2D eigenvalue weighted by molar-refractivity contribution is 5.83. The standard InChI is InChI=1S/C52H48N2/c1-37-33-41(5)51(35-39(37)3)53(47-17-9-7-10-18-47)49-29-23-43(24-30-49)21-27-45-15-13-14-16-46(45)28-22-44-25-31-50(32-26-44)54(48-19-11-8-12-20-48)52-36-40(4)38(2)34-42(52)6/h7-36H,1-6H3. The Morgan fingerprint density at radius 2 is 0.611 bits per heavy atom. The second kappa shape index (κ2) is 16.1. The SMILES string of the molecule is Cc1cc(C)c(N(c2ccccc2)c2ccc(C=Cc3ccccc3C=Cc3ccc(N(c4ccccc4)c4cc(C)c(C)cc4C)cc3)cc2)cc1C. The first kappa shape index (κ1) is 36.0. The third kappa shape index (κ3) is 7.99. The Hall–Kier alpha value is -6.38. The normalized spacial score (nSPS) is 11.4. The van der Waals surface area contributed by atoms with Gasteiger partial charge in [0.1, 0.15) is 0 Å². The van der Waals surface area contributed by atoms with E-state index in [0.717, 1.165) is 33.9 Å². The largest absolute Gasteiger partial charge is 0.310 e. The van der Waals surface area contributed by atoms with Gasteiger partial charge < -0.3 is 9.80 Å². The Bertz CT molecular complexity index is 2250. The number of hydrogen-bond donors (Lipinski definition) is 0. The Balaban J connectivity index is 1.11. The summed E-state index contributed by atoms with van der Waals surface area (Å²) in [6, 6.07) is 56.7. The molecule has 0 fully saturated rings. The van der Waals surface area contributed by atoms with E-state index >= 15 is 0 Å². The summed E-state index contributed by atoms with van der Waals surface area (Å²) in [5.41, 5.74) is 19.3. The lowest BCUT2D eigenvalue weighted by Crippen LogP contribution is -2.11. The molecule has 7 aromatic carbocycles. The maximum absolute atomic E-state index is 2.35. The van der Waals surface area contributed by atoms with Gasteiger partial charge in [0.15, 0.2) is 0 Å². The van der Waals surface area contributed by atoms with Gasteiger partial charge in [0, 0.05) is 34.1 Å². The van der Waals surface area contributed by atoms with Crippen molar-refractivity contribution in [3.8, 4) is 0 Å². The van der Waals surface area contributed by atoms with Gasteiger partial charge in [0.05, 0.1) is 0 Å². The van der Waals surface area contributed by atoms with Crippen molar-refractivity contribution in [3.63, 3.8) is 0 Å². The van der Waals surface area contributed by atoms with Crippen LogP contribution in [0, 0.1) is 41.5 Å². The van der Waals surface area contributed by atoms with Crippen LogP contribution in [0.4, 0.5) is 34.1 Å². The molecule has 0 radical (unpaired) electrons. The molecule has 2 heteroatoms. The van der Waals surface area contributed by atoms with Crippen molar-refractivity contribution in [1.82, 2.24) is 0 Å². The molecule has 0 bridgehead atoms. The Morgan fingerprint density at radius 1 is 0.296 bits per heavy atom. The summed E-state index contributed by atoms with van der Waals surface area (Å²) in [5, 5.41) is 0. The molecule has 0 heterocycles. The fourth-order valence-corrected chi connectivity index (χ4v) is 7.04. The zero-order chi connectivity index (χ0) is 37.6. The first-order chi connectivity index (χ1) is 26.2. The predicted molar refractivity (Wildman–Crippen MR) is 235 cm³/mol. The van der Waals surface area contributed by atoms with E-state index in [1.165, 1.54) is 55.9 Å². The predicted octanol–water partition coefficient (Wildman–Crippen LogP) is 14.8. The number of hydrogen-bond acceptors (Lipinski definition) is 2. The molecule has 0 spiro atoms. The van der Waals surface area contributed by atoms with Crippen molar-refractivity contribution in [3.05, 3.63) is 213 Å². The highest BCUT2D eigenvalue weighted by atomic mass is 15.1. The fourth-order valence-electron chi connectivity index (χ4n) is 7.04. The molecule has 0 aromatic heterocycles. The Kier molecular flexibility index (Phi) is 10.7. The molecular weight excluding hydrogens is 653 g/mol. The van der Waals surface area contributed by atoms with Gasteiger partial charge in [-0.1, -0.05) is 121 Å². The van der Waals surface area contributed by atoms with Gasteiger partial charge in [-0.3, -0.25) is 0 Å². The highest BCUT2D eigenvalue weighted by Gasteiger charge is 2.17. The van der Waals surface area contributed by atoms with Crippen LogP contribution in [0.5, 0.6) is 0 Å². The summed E-state index contributed by atoms with van der Waals surface area (Å²) in [6.45, 7) is 13.1. The molecule has 0 unspecified atom stereocenters. The zero-order valence-electron chi connectivity index (χ0n) is 32.2. The Labute approximate surface area is 322 Å². The van der Waals surface area contributed by atoms with E-state index in [0.29, 0.717) is 0 Å². The molecule has 7 rings (SSSR count). The lowest BCUT2D eigenvalue weighted by molar-refractivity contribution is 1.21. The minimum Gasteiger partial charge on any atom is -0.310 e. The molecule has 0 aliphatic carbocycles. The van der Waals surface area contributed by atoms with E-state index in [4.69, 9.17) is 0 Å². The molecule has 266 valence electrons. The van der Waals surface area contributed by atoms with Gasteiger partial charge in [-0.05, 0) is 158 Å². The first-order valence-corrected chi connectivity index (χ1v) is 18.8. The van der Waals surface area contributed by atoms with Gasteiger partial charge in [0.2, 0.25) is 0 Å². The van der Waals surface area contributed by atoms with Crippen LogP contribution in [-0.4, -0.2) is 0 Å². The number of anilines is 6. The third-order valence-electron chi connectivity index (χ3n) is 10.3. The number of para-hydroxylation sites is 2. The third-order valence-corrected chi connectivity index (χ3v) is 10.3. The van der Waals surface area contributed by atoms with Crippen molar-refractivity contribution in [2.24, 2.45) is 0 Å². The topological polar surface area (TPSA) is 6.48 Å². The maximum atomic E-state index is 2.35. The minimum atomic E-state index is 1.13. The van der Waals surface area contributed by atoms with Gasteiger partial charge in [-0.2, -0.15) is 0 Å². The van der Waals surface area contributed by atoms with Gasteiger partial charge in [0.25, 0.3) is 0 Å². The van der Waals surface area contributed by atoms with E-state index in [-0.39, 0.29) is 0 Å². The summed E-state index contributed by atoms with van der Waals surface area (Å²) in [5.74, 6) is 0. The molecule has 0 N–H and O–H groups in total. The summed E-state index contributed by atoms with van der Waals surface area (Å²) in [7, 11) is 0. The molecule has 54 heavy (non-hydrogen) atoms. The van der Waals surface area contributed by atoms with E-state index < -0.39 is 0 Å². The summed E-state index contributed by atoms with van der Waals surface area (Å²) >= 11 is 0. The van der Waals surface area contributed by atoms with Crippen molar-refractivity contribution in [2.45, 2.75) is 41.5 Å². The highest BCUT2D eigenvalue weighted by Crippen LogP contribution is 2.39. The minimum absolute atomic E-state index is 1.13. The maximum Gasteiger partial charge on any atom is 0.0493 e.